The molecule has 0 unspecified atom stereocenters. The van der Waals surface area contributed by atoms with E-state index in [-0.39, 0.29) is 46.4 Å². The van der Waals surface area contributed by atoms with Gasteiger partial charge in [-0.25, -0.2) is 18.1 Å². The molecule has 1 aromatic carbocycles. The number of sulfonamides is 1. The molecule has 13 heteroatoms. The van der Waals surface area contributed by atoms with Crippen molar-refractivity contribution >= 4 is 33.7 Å². The van der Waals surface area contributed by atoms with Gasteiger partial charge in [-0.05, 0) is 49.1 Å². The van der Waals surface area contributed by atoms with Crippen LogP contribution in [0.1, 0.15) is 77.2 Å². The highest BCUT2D eigenvalue weighted by molar-refractivity contribution is 7.90. The molecule has 0 saturated heterocycles. The average Bonchev–Trinajstić information content (AvgIpc) is 2.90. The summed E-state index contributed by atoms with van der Waals surface area (Å²) in [5, 5.41) is 13.9. The SMILES string of the molecule is CC(C)COc1c(C(=O)NS(=O)(=O)c2ccc(C(=O)NC3CCCCC3)cc2)ccnc1C(=O)NCC(=O)O. The molecule has 1 aliphatic carbocycles. The molecule has 0 bridgehead atoms. The van der Waals surface area contributed by atoms with Gasteiger partial charge in [0.2, 0.25) is 0 Å². The molecule has 3 rings (SSSR count). The molecule has 1 fully saturated rings. The van der Waals surface area contributed by atoms with Crippen LogP contribution in [-0.4, -0.2) is 61.4 Å². The molecule has 1 saturated carbocycles. The minimum atomic E-state index is -4.37. The number of nitrogens with one attached hydrogen (secondary N) is 3. The molecule has 3 amide bonds. The van der Waals surface area contributed by atoms with Crippen LogP contribution in [0.5, 0.6) is 5.75 Å². The number of carbonyl (C=O) groups is 4. The van der Waals surface area contributed by atoms with Gasteiger partial charge in [0.1, 0.15) is 6.54 Å². The van der Waals surface area contributed by atoms with E-state index in [0.717, 1.165) is 38.3 Å². The van der Waals surface area contributed by atoms with Gasteiger partial charge in [0.25, 0.3) is 27.7 Å². The second-order valence-corrected chi connectivity index (χ2v) is 11.3. The Labute approximate surface area is 226 Å². The third kappa shape index (κ3) is 8.24. The molecule has 12 nitrogen and oxygen atoms in total. The van der Waals surface area contributed by atoms with Crippen molar-refractivity contribution in [1.82, 2.24) is 20.3 Å². The summed E-state index contributed by atoms with van der Waals surface area (Å²) < 4.78 is 33.5. The van der Waals surface area contributed by atoms with Gasteiger partial charge in [-0.1, -0.05) is 33.1 Å². The number of carboxylic acids is 1. The molecular formula is C26H32N4O8S. The number of ether oxygens (including phenoxy) is 1. The standard InChI is InChI=1S/C26H32N4O8S/c1-16(2)15-38-23-20(12-13-27-22(23)26(35)28-14-21(31)32)25(34)30-39(36,37)19-10-8-17(9-11-19)24(33)29-18-6-4-3-5-7-18/h8-13,16,18H,3-7,14-15H2,1-2H3,(H,28,35)(H,29,33)(H,30,34)(H,31,32). The van der Waals surface area contributed by atoms with Gasteiger partial charge in [0, 0.05) is 17.8 Å². The maximum absolute atomic E-state index is 13.0. The van der Waals surface area contributed by atoms with E-state index in [2.05, 4.69) is 15.6 Å². The fourth-order valence-corrected chi connectivity index (χ4v) is 4.93. The van der Waals surface area contributed by atoms with Gasteiger partial charge in [0.15, 0.2) is 11.4 Å². The number of rotatable bonds is 11. The lowest BCUT2D eigenvalue weighted by molar-refractivity contribution is -0.135. The third-order valence-electron chi connectivity index (χ3n) is 5.92. The van der Waals surface area contributed by atoms with Crippen LogP contribution < -0.4 is 20.1 Å². The van der Waals surface area contributed by atoms with Crippen LogP contribution in [0, 0.1) is 5.92 Å². The predicted molar refractivity (Wildman–Crippen MR) is 140 cm³/mol. The summed E-state index contributed by atoms with van der Waals surface area (Å²) in [5.74, 6) is -3.87. The number of nitrogens with zero attached hydrogens (tertiary/aromatic N) is 1. The summed E-state index contributed by atoms with van der Waals surface area (Å²) >= 11 is 0. The fraction of sp³-hybridized carbons (Fsp3) is 0.423. The lowest BCUT2D eigenvalue weighted by Gasteiger charge is -2.22. The predicted octanol–water partition coefficient (Wildman–Crippen LogP) is 2.11. The van der Waals surface area contributed by atoms with Crippen LogP contribution in [-0.2, 0) is 14.8 Å². The van der Waals surface area contributed by atoms with E-state index in [1.807, 2.05) is 18.6 Å². The fourth-order valence-electron chi connectivity index (χ4n) is 3.96. The second kappa shape index (κ2) is 13.2. The van der Waals surface area contributed by atoms with Gasteiger partial charge in [-0.15, -0.1) is 0 Å². The molecule has 4 N–H and O–H groups in total. The van der Waals surface area contributed by atoms with Gasteiger partial charge in [-0.2, -0.15) is 0 Å². The third-order valence-corrected chi connectivity index (χ3v) is 7.27. The number of hydrogen-bond acceptors (Lipinski definition) is 8. The summed E-state index contributed by atoms with van der Waals surface area (Å²) in [7, 11) is -4.37. The van der Waals surface area contributed by atoms with E-state index in [1.165, 1.54) is 30.3 Å². The van der Waals surface area contributed by atoms with E-state index in [1.54, 1.807) is 0 Å². The zero-order chi connectivity index (χ0) is 28.6. The highest BCUT2D eigenvalue weighted by Gasteiger charge is 2.26. The van der Waals surface area contributed by atoms with Gasteiger partial charge in [-0.3, -0.25) is 19.2 Å². The Morgan fingerprint density at radius 2 is 1.67 bits per heavy atom. The molecule has 210 valence electrons. The Kier molecular flexibility index (Phi) is 9.99. The Bertz CT molecular complexity index is 1320. The Balaban J connectivity index is 1.79. The molecule has 1 aliphatic rings. The van der Waals surface area contributed by atoms with E-state index in [4.69, 9.17) is 9.84 Å². The maximum atomic E-state index is 13.0. The topological polar surface area (TPSA) is 181 Å². The number of pyridine rings is 1. The number of amides is 3. The molecule has 0 atom stereocenters. The van der Waals surface area contributed by atoms with Crippen molar-refractivity contribution in [2.75, 3.05) is 13.2 Å². The first-order valence-corrected chi connectivity index (χ1v) is 14.1. The summed E-state index contributed by atoms with van der Waals surface area (Å²) in [6, 6.07) is 6.46. The molecule has 39 heavy (non-hydrogen) atoms. The molecule has 2 aromatic rings. The van der Waals surface area contributed by atoms with Crippen LogP contribution in [0.15, 0.2) is 41.4 Å². The number of carbonyl (C=O) groups excluding carboxylic acids is 3. The summed E-state index contributed by atoms with van der Waals surface area (Å²) in [4.78, 5) is 52.6. The van der Waals surface area contributed by atoms with Crippen LogP contribution in [0.2, 0.25) is 0 Å². The van der Waals surface area contributed by atoms with E-state index in [0.29, 0.717) is 5.56 Å². The van der Waals surface area contributed by atoms with Crippen molar-refractivity contribution in [1.29, 1.82) is 0 Å². The molecule has 0 spiro atoms. The first-order valence-electron chi connectivity index (χ1n) is 12.6. The van der Waals surface area contributed by atoms with Crippen LogP contribution >= 0.6 is 0 Å². The smallest absolute Gasteiger partial charge is 0.322 e. The van der Waals surface area contributed by atoms with Gasteiger partial charge < -0.3 is 20.5 Å². The summed E-state index contributed by atoms with van der Waals surface area (Å²) in [6.45, 7) is 3.03. The van der Waals surface area contributed by atoms with Crippen molar-refractivity contribution in [3.05, 3.63) is 53.3 Å². The highest BCUT2D eigenvalue weighted by Crippen LogP contribution is 2.24. The van der Waals surface area contributed by atoms with Crippen molar-refractivity contribution < 1.29 is 37.4 Å². The number of aromatic nitrogens is 1. The zero-order valence-electron chi connectivity index (χ0n) is 21.7. The van der Waals surface area contributed by atoms with E-state index < -0.39 is 34.4 Å². The van der Waals surface area contributed by atoms with Crippen LogP contribution in [0.25, 0.3) is 0 Å². The van der Waals surface area contributed by atoms with Crippen molar-refractivity contribution in [3.8, 4) is 5.75 Å². The monoisotopic (exact) mass is 560 g/mol. The Morgan fingerprint density at radius 1 is 1.00 bits per heavy atom. The molecular weight excluding hydrogens is 528 g/mol. The molecule has 0 aliphatic heterocycles. The second-order valence-electron chi connectivity index (χ2n) is 9.58. The first-order chi connectivity index (χ1) is 18.5. The number of aliphatic carboxylic acids is 1. The average molecular weight is 561 g/mol. The highest BCUT2D eigenvalue weighted by atomic mass is 32.2. The minimum absolute atomic E-state index is 0.0198. The lowest BCUT2D eigenvalue weighted by Crippen LogP contribution is -2.36. The Morgan fingerprint density at radius 3 is 2.28 bits per heavy atom. The molecule has 1 heterocycles. The maximum Gasteiger partial charge on any atom is 0.322 e. The van der Waals surface area contributed by atoms with Crippen LogP contribution in [0.3, 0.4) is 0 Å². The van der Waals surface area contributed by atoms with Crippen molar-refractivity contribution in [2.24, 2.45) is 5.92 Å². The number of benzene rings is 1. The zero-order valence-corrected chi connectivity index (χ0v) is 22.5. The molecule has 0 radical (unpaired) electrons. The Hall–Kier alpha value is -4.00. The molecule has 1 aromatic heterocycles. The van der Waals surface area contributed by atoms with Gasteiger partial charge >= 0.3 is 5.97 Å². The largest absolute Gasteiger partial charge is 0.490 e. The van der Waals surface area contributed by atoms with E-state index in [9.17, 15) is 27.6 Å². The normalized spacial score (nSPS) is 13.9. The van der Waals surface area contributed by atoms with Crippen LogP contribution in [0.4, 0.5) is 0 Å². The van der Waals surface area contributed by atoms with Gasteiger partial charge in [0.05, 0.1) is 17.1 Å². The first kappa shape index (κ1) is 29.6. The van der Waals surface area contributed by atoms with Crippen molar-refractivity contribution in [2.45, 2.75) is 56.9 Å². The minimum Gasteiger partial charge on any atom is -0.490 e. The van der Waals surface area contributed by atoms with Crippen molar-refractivity contribution in [3.63, 3.8) is 0 Å². The quantitative estimate of drug-likeness (QED) is 0.320. The van der Waals surface area contributed by atoms with E-state index >= 15 is 0 Å². The summed E-state index contributed by atoms with van der Waals surface area (Å²) in [6.07, 6.45) is 6.18. The summed E-state index contributed by atoms with van der Waals surface area (Å²) in [5.41, 5.74) is -0.352. The lowest BCUT2D eigenvalue weighted by atomic mass is 9.95. The number of hydrogen-bond donors (Lipinski definition) is 4. The number of carboxylic acid groups (broad SMARTS) is 1.